The van der Waals surface area contributed by atoms with Crippen LogP contribution in [0.25, 0.3) is 0 Å². The van der Waals surface area contributed by atoms with Gasteiger partial charge in [-0.25, -0.2) is 0 Å². The van der Waals surface area contributed by atoms with Gasteiger partial charge in [0.2, 0.25) is 11.8 Å². The Morgan fingerprint density at radius 1 is 1.08 bits per heavy atom. The molecule has 188 valence electrons. The van der Waals surface area contributed by atoms with E-state index < -0.39 is 29.7 Å². The molecule has 2 aromatic rings. The molecule has 0 radical (unpaired) electrons. The van der Waals surface area contributed by atoms with E-state index in [2.05, 4.69) is 38.5 Å². The predicted octanol–water partition coefficient (Wildman–Crippen LogP) is 1.86. The number of carbonyl (C=O) groups is 5. The Labute approximate surface area is 221 Å². The monoisotopic (exact) mass is 604 g/mol. The average Bonchev–Trinajstić information content (AvgIpc) is 3.10. The van der Waals surface area contributed by atoms with Gasteiger partial charge in [0, 0.05) is 28.8 Å². The number of rotatable bonds is 9. The third-order valence-corrected chi connectivity index (χ3v) is 7.43. The third-order valence-electron chi connectivity index (χ3n) is 6.00. The van der Waals surface area contributed by atoms with E-state index in [0.29, 0.717) is 37.6 Å². The molecule has 5 amide bonds. The number of benzene rings is 2. The second kappa shape index (κ2) is 11.2. The van der Waals surface area contributed by atoms with Crippen LogP contribution in [0.5, 0.6) is 0 Å². The molecule has 3 N–H and O–H groups in total. The minimum Gasteiger partial charge on any atom is -0.382 e. The van der Waals surface area contributed by atoms with Crippen molar-refractivity contribution in [1.82, 2.24) is 15.5 Å². The van der Waals surface area contributed by atoms with Gasteiger partial charge in [0.25, 0.3) is 17.7 Å². The van der Waals surface area contributed by atoms with Gasteiger partial charge in [0.05, 0.1) is 29.9 Å². The van der Waals surface area contributed by atoms with Crippen LogP contribution >= 0.6 is 22.6 Å². The van der Waals surface area contributed by atoms with Crippen molar-refractivity contribution in [1.29, 1.82) is 0 Å². The van der Waals surface area contributed by atoms with Gasteiger partial charge in [-0.05, 0) is 59.7 Å². The summed E-state index contributed by atoms with van der Waals surface area (Å²) in [6.07, 6.45) is 0.170. The molecule has 2 aliphatic heterocycles. The number of hydrogen-bond acceptors (Lipinski definition) is 7. The van der Waals surface area contributed by atoms with Gasteiger partial charge >= 0.3 is 0 Å². The number of halogens is 1. The maximum atomic E-state index is 13.1. The fraction of sp³-hybridized carbons (Fsp3) is 0.320. The highest BCUT2D eigenvalue weighted by atomic mass is 127. The van der Waals surface area contributed by atoms with E-state index in [0.717, 1.165) is 14.0 Å². The maximum absolute atomic E-state index is 13.1. The Morgan fingerprint density at radius 2 is 1.83 bits per heavy atom. The molecule has 10 nitrogen and oxygen atoms in total. The van der Waals surface area contributed by atoms with Gasteiger partial charge in [-0.3, -0.25) is 34.2 Å². The lowest BCUT2D eigenvalue weighted by molar-refractivity contribution is -0.136. The highest BCUT2D eigenvalue weighted by Gasteiger charge is 2.45. The smallest absolute Gasteiger partial charge is 0.264 e. The molecular formula is C25H25IN4O6. The first-order valence-electron chi connectivity index (χ1n) is 11.5. The summed E-state index contributed by atoms with van der Waals surface area (Å²) in [5.74, 6) is -2.34. The quantitative estimate of drug-likeness (QED) is 0.226. The molecule has 2 heterocycles. The number of aryl methyl sites for hydroxylation is 1. The fourth-order valence-electron chi connectivity index (χ4n) is 4.18. The number of amides is 5. The zero-order chi connectivity index (χ0) is 25.8. The van der Waals surface area contributed by atoms with Crippen LogP contribution in [0.3, 0.4) is 0 Å². The Bertz CT molecular complexity index is 1250. The van der Waals surface area contributed by atoms with Crippen LogP contribution in [-0.2, 0) is 14.3 Å². The molecule has 11 heteroatoms. The molecule has 2 aliphatic rings. The molecule has 1 fully saturated rings. The molecule has 0 saturated carbocycles. The van der Waals surface area contributed by atoms with Crippen molar-refractivity contribution in [2.75, 3.05) is 31.6 Å². The Balaban J connectivity index is 1.27. The van der Waals surface area contributed by atoms with Gasteiger partial charge in [0.15, 0.2) is 0 Å². The molecule has 0 bridgehead atoms. The summed E-state index contributed by atoms with van der Waals surface area (Å²) in [6.45, 7) is 3.27. The number of fused-ring (bicyclic) bond motifs is 1. The summed E-state index contributed by atoms with van der Waals surface area (Å²) in [4.78, 5) is 62.9. The van der Waals surface area contributed by atoms with Crippen LogP contribution in [0.2, 0.25) is 0 Å². The number of hydrogen-bond donors (Lipinski definition) is 3. The lowest BCUT2D eigenvalue weighted by Crippen LogP contribution is -2.54. The molecule has 36 heavy (non-hydrogen) atoms. The van der Waals surface area contributed by atoms with Gasteiger partial charge in [-0.1, -0.05) is 18.2 Å². The first kappa shape index (κ1) is 25.8. The summed E-state index contributed by atoms with van der Waals surface area (Å²) >= 11 is 2.15. The largest absolute Gasteiger partial charge is 0.382 e. The second-order valence-corrected chi connectivity index (χ2v) is 9.49. The molecule has 0 aromatic heterocycles. The fourth-order valence-corrected chi connectivity index (χ4v) is 4.78. The van der Waals surface area contributed by atoms with E-state index in [9.17, 15) is 24.0 Å². The van der Waals surface area contributed by atoms with E-state index >= 15 is 0 Å². The zero-order valence-electron chi connectivity index (χ0n) is 19.6. The summed E-state index contributed by atoms with van der Waals surface area (Å²) in [7, 11) is 0. The van der Waals surface area contributed by atoms with Crippen LogP contribution in [0, 0.1) is 10.5 Å². The Morgan fingerprint density at radius 3 is 2.61 bits per heavy atom. The number of imide groups is 2. The zero-order valence-corrected chi connectivity index (χ0v) is 21.7. The molecular weight excluding hydrogens is 579 g/mol. The van der Waals surface area contributed by atoms with E-state index in [4.69, 9.17) is 4.74 Å². The first-order chi connectivity index (χ1) is 17.3. The maximum Gasteiger partial charge on any atom is 0.264 e. The molecule has 0 aliphatic carbocycles. The van der Waals surface area contributed by atoms with Gasteiger partial charge in [-0.15, -0.1) is 0 Å². The molecule has 1 unspecified atom stereocenters. The second-order valence-electron chi connectivity index (χ2n) is 8.41. The van der Waals surface area contributed by atoms with Crippen molar-refractivity contribution < 1.29 is 28.7 Å². The number of anilines is 1. The SMILES string of the molecule is Cc1cccc(C(=O)NCCOCCNc2cccc3c2C(=O)N(C2CCC(=O)NC2=O)C3=O)c1I. The van der Waals surface area contributed by atoms with Crippen molar-refractivity contribution in [2.24, 2.45) is 0 Å². The number of ether oxygens (including phenoxy) is 1. The Hall–Kier alpha value is -3.32. The molecule has 2 aromatic carbocycles. The van der Waals surface area contributed by atoms with Gasteiger partial charge < -0.3 is 15.4 Å². The van der Waals surface area contributed by atoms with Gasteiger partial charge in [0.1, 0.15) is 6.04 Å². The van der Waals surface area contributed by atoms with Crippen molar-refractivity contribution in [3.63, 3.8) is 0 Å². The van der Waals surface area contributed by atoms with Gasteiger partial charge in [-0.2, -0.15) is 0 Å². The topological polar surface area (TPSA) is 134 Å². The van der Waals surface area contributed by atoms with E-state index in [-0.39, 0.29) is 29.9 Å². The van der Waals surface area contributed by atoms with Crippen LogP contribution < -0.4 is 16.0 Å². The molecule has 0 spiro atoms. The van der Waals surface area contributed by atoms with Crippen molar-refractivity contribution in [2.45, 2.75) is 25.8 Å². The minimum atomic E-state index is -1.01. The van der Waals surface area contributed by atoms with Crippen LogP contribution in [0.15, 0.2) is 36.4 Å². The average molecular weight is 604 g/mol. The molecule has 1 saturated heterocycles. The number of nitrogens with zero attached hydrogens (tertiary/aromatic N) is 1. The lowest BCUT2D eigenvalue weighted by Gasteiger charge is -2.27. The number of carbonyl (C=O) groups excluding carboxylic acids is 5. The van der Waals surface area contributed by atoms with E-state index in [1.54, 1.807) is 24.3 Å². The van der Waals surface area contributed by atoms with Crippen molar-refractivity contribution in [3.05, 3.63) is 62.2 Å². The molecule has 1 atom stereocenters. The van der Waals surface area contributed by atoms with Crippen molar-refractivity contribution >= 4 is 57.8 Å². The summed E-state index contributed by atoms with van der Waals surface area (Å²) < 4.78 is 6.49. The normalized spacial score (nSPS) is 17.2. The highest BCUT2D eigenvalue weighted by molar-refractivity contribution is 14.1. The van der Waals surface area contributed by atoms with Crippen molar-refractivity contribution in [3.8, 4) is 0 Å². The van der Waals surface area contributed by atoms with E-state index in [1.807, 2.05) is 19.1 Å². The first-order valence-corrected chi connectivity index (χ1v) is 12.6. The predicted molar refractivity (Wildman–Crippen MR) is 139 cm³/mol. The standard InChI is InChI=1S/C25H25IN4O6/c1-14-4-2-6-16(21(14)26)22(32)28-11-13-36-12-10-27-17-7-3-5-15-20(17)25(35)30(24(15)34)18-8-9-19(31)29-23(18)33/h2-7,18,27H,8-13H2,1H3,(H,28,32)(H,29,31,33). The summed E-state index contributed by atoms with van der Waals surface area (Å²) in [5, 5.41) is 8.13. The van der Waals surface area contributed by atoms with E-state index in [1.165, 1.54) is 0 Å². The minimum absolute atomic E-state index is 0.0664. The molecule has 4 rings (SSSR count). The van der Waals surface area contributed by atoms with Crippen LogP contribution in [0.1, 0.15) is 49.5 Å². The lowest BCUT2D eigenvalue weighted by atomic mass is 10.0. The third kappa shape index (κ3) is 5.26. The highest BCUT2D eigenvalue weighted by Crippen LogP contribution is 2.32. The van der Waals surface area contributed by atoms with Crippen LogP contribution in [0.4, 0.5) is 5.69 Å². The number of nitrogens with one attached hydrogen (secondary N) is 3. The Kier molecular flexibility index (Phi) is 7.99. The summed E-state index contributed by atoms with van der Waals surface area (Å²) in [6, 6.07) is 9.45. The summed E-state index contributed by atoms with van der Waals surface area (Å²) in [5.41, 5.74) is 2.54. The number of piperidine rings is 1. The van der Waals surface area contributed by atoms with Crippen LogP contribution in [-0.4, -0.2) is 66.8 Å².